The summed E-state index contributed by atoms with van der Waals surface area (Å²) in [5, 5.41) is 3.34. The molecule has 4 heteroatoms. The fourth-order valence-electron chi connectivity index (χ4n) is 2.46. The Morgan fingerprint density at radius 1 is 1.42 bits per heavy atom. The molecule has 0 spiro atoms. The van der Waals surface area contributed by atoms with Crippen molar-refractivity contribution in [3.05, 3.63) is 29.3 Å². The number of carbonyl (C=O) groups excluding carboxylic acids is 1. The van der Waals surface area contributed by atoms with Crippen LogP contribution in [0.25, 0.3) is 0 Å². The van der Waals surface area contributed by atoms with Crippen molar-refractivity contribution < 1.29 is 9.53 Å². The van der Waals surface area contributed by atoms with E-state index in [2.05, 4.69) is 42.3 Å². The maximum absolute atomic E-state index is 11.5. The summed E-state index contributed by atoms with van der Waals surface area (Å²) >= 11 is 0. The van der Waals surface area contributed by atoms with Crippen LogP contribution in [0.2, 0.25) is 0 Å². The first-order valence-electron chi connectivity index (χ1n) is 6.73. The molecule has 2 rings (SSSR count). The third-order valence-corrected chi connectivity index (χ3v) is 3.80. The fraction of sp³-hybridized carbons (Fsp3) is 0.533. The maximum Gasteiger partial charge on any atom is 0.307 e. The molecule has 1 fully saturated rings. The molecule has 1 N–H and O–H groups in total. The third kappa shape index (κ3) is 3.26. The number of ether oxygens (including phenoxy) is 1. The Labute approximate surface area is 114 Å². The number of rotatable bonds is 3. The summed E-state index contributed by atoms with van der Waals surface area (Å²) in [6.45, 7) is 6.93. The largest absolute Gasteiger partial charge is 0.469 e. The molecule has 1 aromatic carbocycles. The van der Waals surface area contributed by atoms with Crippen LogP contribution >= 0.6 is 0 Å². The van der Waals surface area contributed by atoms with Gasteiger partial charge in [0.15, 0.2) is 0 Å². The van der Waals surface area contributed by atoms with Gasteiger partial charge in [0, 0.05) is 25.3 Å². The number of piperazine rings is 1. The fourth-order valence-corrected chi connectivity index (χ4v) is 2.46. The van der Waals surface area contributed by atoms with Crippen LogP contribution in [-0.2, 0) is 9.53 Å². The maximum atomic E-state index is 11.5. The van der Waals surface area contributed by atoms with Crippen molar-refractivity contribution in [3.63, 3.8) is 0 Å². The van der Waals surface area contributed by atoms with Gasteiger partial charge in [-0.05, 0) is 37.1 Å². The molecule has 1 heterocycles. The van der Waals surface area contributed by atoms with E-state index in [0.29, 0.717) is 6.42 Å². The van der Waals surface area contributed by atoms with Crippen LogP contribution in [0.3, 0.4) is 0 Å². The van der Waals surface area contributed by atoms with E-state index in [4.69, 9.17) is 4.74 Å². The zero-order valence-corrected chi connectivity index (χ0v) is 11.9. The van der Waals surface area contributed by atoms with Gasteiger partial charge >= 0.3 is 5.97 Å². The van der Waals surface area contributed by atoms with Crippen LogP contribution in [-0.4, -0.2) is 38.8 Å². The highest BCUT2D eigenvalue weighted by Gasteiger charge is 2.25. The highest BCUT2D eigenvalue weighted by Crippen LogP contribution is 2.23. The van der Waals surface area contributed by atoms with E-state index >= 15 is 0 Å². The standard InChI is InChI=1S/C15H22N2O2/c1-11-4-5-13(8-12(11)2)17-7-6-16-10-14(17)9-15(18)19-3/h4-5,8,14,16H,6-7,9-10H2,1-3H3. The SMILES string of the molecule is COC(=O)CC1CNCCN1c1ccc(C)c(C)c1. The van der Waals surface area contributed by atoms with Crippen LogP contribution < -0.4 is 10.2 Å². The first-order valence-corrected chi connectivity index (χ1v) is 6.73. The van der Waals surface area contributed by atoms with Crippen molar-refractivity contribution in [2.75, 3.05) is 31.6 Å². The number of nitrogens with one attached hydrogen (secondary N) is 1. The van der Waals surface area contributed by atoms with Gasteiger partial charge in [0.1, 0.15) is 0 Å². The van der Waals surface area contributed by atoms with E-state index in [-0.39, 0.29) is 12.0 Å². The predicted octanol–water partition coefficient (Wildman–Crippen LogP) is 1.64. The molecule has 1 saturated heterocycles. The zero-order valence-electron chi connectivity index (χ0n) is 11.9. The second kappa shape index (κ2) is 6.06. The lowest BCUT2D eigenvalue weighted by molar-refractivity contribution is -0.141. The second-order valence-corrected chi connectivity index (χ2v) is 5.10. The molecular formula is C15H22N2O2. The van der Waals surface area contributed by atoms with Crippen LogP contribution in [0.15, 0.2) is 18.2 Å². The summed E-state index contributed by atoms with van der Waals surface area (Å²) in [5.41, 5.74) is 3.77. The van der Waals surface area contributed by atoms with Crippen molar-refractivity contribution in [3.8, 4) is 0 Å². The van der Waals surface area contributed by atoms with Gasteiger partial charge in [-0.2, -0.15) is 0 Å². The first kappa shape index (κ1) is 13.9. The molecule has 104 valence electrons. The molecule has 0 radical (unpaired) electrons. The van der Waals surface area contributed by atoms with Crippen molar-refractivity contribution in [1.29, 1.82) is 0 Å². The average molecular weight is 262 g/mol. The minimum absolute atomic E-state index is 0.150. The smallest absolute Gasteiger partial charge is 0.307 e. The molecule has 0 aliphatic carbocycles. The van der Waals surface area contributed by atoms with Crippen molar-refractivity contribution in [2.24, 2.45) is 0 Å². The van der Waals surface area contributed by atoms with Crippen LogP contribution in [0.1, 0.15) is 17.5 Å². The molecule has 0 amide bonds. The van der Waals surface area contributed by atoms with Crippen LogP contribution in [0, 0.1) is 13.8 Å². The van der Waals surface area contributed by atoms with E-state index in [1.807, 2.05) is 0 Å². The number of nitrogens with zero attached hydrogens (tertiary/aromatic N) is 1. The molecule has 0 aromatic heterocycles. The molecule has 0 saturated carbocycles. The number of esters is 1. The Bertz CT molecular complexity index is 459. The minimum atomic E-state index is -0.150. The predicted molar refractivity (Wildman–Crippen MR) is 76.6 cm³/mol. The topological polar surface area (TPSA) is 41.6 Å². The van der Waals surface area contributed by atoms with Gasteiger partial charge in [-0.15, -0.1) is 0 Å². The van der Waals surface area contributed by atoms with Crippen molar-refractivity contribution >= 4 is 11.7 Å². The van der Waals surface area contributed by atoms with E-state index in [1.54, 1.807) is 0 Å². The number of methoxy groups -OCH3 is 1. The molecule has 1 aliphatic rings. The molecule has 4 nitrogen and oxygen atoms in total. The number of hydrogen-bond donors (Lipinski definition) is 1. The first-order chi connectivity index (χ1) is 9.11. The lowest BCUT2D eigenvalue weighted by Crippen LogP contribution is -2.52. The normalized spacial score (nSPS) is 19.3. The van der Waals surface area contributed by atoms with Gasteiger partial charge in [-0.25, -0.2) is 0 Å². The number of carbonyl (C=O) groups is 1. The van der Waals surface area contributed by atoms with Crippen molar-refractivity contribution in [2.45, 2.75) is 26.3 Å². The summed E-state index contributed by atoms with van der Waals surface area (Å²) in [5.74, 6) is -0.150. The molecule has 19 heavy (non-hydrogen) atoms. The molecule has 1 aliphatic heterocycles. The number of hydrogen-bond acceptors (Lipinski definition) is 4. The van der Waals surface area contributed by atoms with Gasteiger partial charge in [0.2, 0.25) is 0 Å². The Kier molecular flexibility index (Phi) is 4.43. The van der Waals surface area contributed by atoms with E-state index in [0.717, 1.165) is 19.6 Å². The van der Waals surface area contributed by atoms with Gasteiger partial charge in [-0.1, -0.05) is 6.07 Å². The summed E-state index contributed by atoms with van der Waals surface area (Å²) < 4.78 is 4.79. The Hall–Kier alpha value is -1.55. The summed E-state index contributed by atoms with van der Waals surface area (Å²) in [6.07, 6.45) is 0.427. The quantitative estimate of drug-likeness (QED) is 0.841. The minimum Gasteiger partial charge on any atom is -0.469 e. The number of aryl methyl sites for hydroxylation is 2. The van der Waals surface area contributed by atoms with Gasteiger partial charge < -0.3 is 15.0 Å². The molecule has 0 bridgehead atoms. The molecule has 1 unspecified atom stereocenters. The van der Waals surface area contributed by atoms with E-state index in [9.17, 15) is 4.79 Å². The van der Waals surface area contributed by atoms with Crippen LogP contribution in [0.4, 0.5) is 5.69 Å². The second-order valence-electron chi connectivity index (χ2n) is 5.10. The molecule has 1 aromatic rings. The number of benzene rings is 1. The zero-order chi connectivity index (χ0) is 13.8. The highest BCUT2D eigenvalue weighted by molar-refractivity contribution is 5.71. The van der Waals surface area contributed by atoms with E-state index in [1.165, 1.54) is 23.9 Å². The Balaban J connectivity index is 2.18. The van der Waals surface area contributed by atoms with Gasteiger partial charge in [0.25, 0.3) is 0 Å². The lowest BCUT2D eigenvalue weighted by atomic mass is 10.1. The Morgan fingerprint density at radius 3 is 2.89 bits per heavy atom. The van der Waals surface area contributed by atoms with Crippen molar-refractivity contribution in [1.82, 2.24) is 5.32 Å². The van der Waals surface area contributed by atoms with Gasteiger partial charge in [-0.3, -0.25) is 4.79 Å². The summed E-state index contributed by atoms with van der Waals surface area (Å²) in [7, 11) is 1.44. The Morgan fingerprint density at radius 2 is 2.21 bits per heavy atom. The van der Waals surface area contributed by atoms with E-state index < -0.39 is 0 Å². The van der Waals surface area contributed by atoms with Crippen LogP contribution in [0.5, 0.6) is 0 Å². The monoisotopic (exact) mass is 262 g/mol. The van der Waals surface area contributed by atoms with Gasteiger partial charge in [0.05, 0.1) is 19.6 Å². The summed E-state index contributed by atoms with van der Waals surface area (Å²) in [6, 6.07) is 6.65. The summed E-state index contributed by atoms with van der Waals surface area (Å²) in [4.78, 5) is 13.8. The molecular weight excluding hydrogens is 240 g/mol. The highest BCUT2D eigenvalue weighted by atomic mass is 16.5. The lowest BCUT2D eigenvalue weighted by Gasteiger charge is -2.37. The third-order valence-electron chi connectivity index (χ3n) is 3.80. The average Bonchev–Trinajstić information content (AvgIpc) is 2.42. The molecule has 1 atom stereocenters. The number of anilines is 1.